The average Bonchev–Trinajstić information content (AvgIpc) is 2.46. The highest BCUT2D eigenvalue weighted by molar-refractivity contribution is 6.17. The monoisotopic (exact) mass is 305 g/mol. The summed E-state index contributed by atoms with van der Waals surface area (Å²) in [6.45, 7) is 8.29. The van der Waals surface area contributed by atoms with Crippen LogP contribution in [0.5, 0.6) is 5.75 Å². The van der Waals surface area contributed by atoms with Gasteiger partial charge in [-0.25, -0.2) is 4.79 Å². The van der Waals surface area contributed by atoms with E-state index in [9.17, 15) is 4.79 Å². The molecule has 0 spiro atoms. The summed E-state index contributed by atoms with van der Waals surface area (Å²) in [5.74, 6) is 0.578. The molecule has 1 heterocycles. The second kappa shape index (κ2) is 6.92. The van der Waals surface area contributed by atoms with Gasteiger partial charge in [-0.05, 0) is 32.9 Å². The van der Waals surface area contributed by atoms with Crippen LogP contribution in [0, 0.1) is 0 Å². The third-order valence-electron chi connectivity index (χ3n) is 3.30. The molecule has 1 aromatic rings. The van der Waals surface area contributed by atoms with Gasteiger partial charge in [0.15, 0.2) is 0 Å². The van der Waals surface area contributed by atoms with Crippen molar-refractivity contribution in [3.63, 3.8) is 0 Å². The Balaban J connectivity index is 1.92. The number of hydrogen-bond acceptors (Lipinski definition) is 5. The number of amides is 1. The van der Waals surface area contributed by atoms with E-state index in [-0.39, 0.29) is 6.09 Å². The average molecular weight is 305 g/mol. The zero-order valence-corrected chi connectivity index (χ0v) is 13.3. The van der Waals surface area contributed by atoms with Crippen molar-refractivity contribution >= 4 is 19.5 Å². The molecule has 0 atom stereocenters. The molecule has 0 unspecified atom stereocenters. The molecule has 2 rings (SSSR count). The van der Waals surface area contributed by atoms with Crippen LogP contribution in [0.2, 0.25) is 0 Å². The van der Waals surface area contributed by atoms with E-state index in [1.165, 1.54) is 0 Å². The molecular weight excluding hydrogens is 283 g/mol. The third-order valence-corrected chi connectivity index (χ3v) is 3.30. The Kier molecular flexibility index (Phi) is 5.18. The summed E-state index contributed by atoms with van der Waals surface area (Å²) < 4.78 is 10.4. The molecule has 1 N–H and O–H groups in total. The molecule has 22 heavy (non-hydrogen) atoms. The topological polar surface area (TPSA) is 62.2 Å². The fraction of sp³-hybridized carbons (Fsp3) is 0.533. The summed E-state index contributed by atoms with van der Waals surface area (Å²) >= 11 is 0. The van der Waals surface area contributed by atoms with E-state index < -0.39 is 5.60 Å². The van der Waals surface area contributed by atoms with Crippen LogP contribution in [0.1, 0.15) is 20.8 Å². The molecular formula is C15H22BN2O4. The summed E-state index contributed by atoms with van der Waals surface area (Å²) in [4.78, 5) is 15.9. The molecule has 1 saturated heterocycles. The Labute approximate surface area is 131 Å². The highest BCUT2D eigenvalue weighted by Crippen LogP contribution is 2.22. The first kappa shape index (κ1) is 16.5. The summed E-state index contributed by atoms with van der Waals surface area (Å²) in [5, 5.41) is 8.69. The number of benzene rings is 1. The van der Waals surface area contributed by atoms with Crippen LogP contribution in [0.25, 0.3) is 0 Å². The molecule has 1 radical (unpaired) electrons. The van der Waals surface area contributed by atoms with Gasteiger partial charge in [0.2, 0.25) is 0 Å². The smallest absolute Gasteiger partial charge is 0.537 e. The molecule has 1 fully saturated rings. The first-order valence-electron chi connectivity index (χ1n) is 7.34. The van der Waals surface area contributed by atoms with Crippen molar-refractivity contribution in [1.82, 2.24) is 4.90 Å². The van der Waals surface area contributed by atoms with Gasteiger partial charge < -0.3 is 24.2 Å². The molecule has 0 aromatic heterocycles. The molecule has 1 aliphatic heterocycles. The second-order valence-corrected chi connectivity index (χ2v) is 6.18. The third kappa shape index (κ3) is 4.56. The van der Waals surface area contributed by atoms with E-state index in [0.717, 1.165) is 18.8 Å². The Bertz CT molecular complexity index is 511. The summed E-state index contributed by atoms with van der Waals surface area (Å²) in [5.41, 5.74) is 0.531. The molecule has 1 amide bonds. The summed E-state index contributed by atoms with van der Waals surface area (Å²) in [7, 11) is 0.666. The molecule has 1 aliphatic rings. The van der Waals surface area contributed by atoms with Crippen molar-refractivity contribution in [2.24, 2.45) is 0 Å². The maximum absolute atomic E-state index is 12.0. The largest absolute Gasteiger partial charge is 0.569 e. The number of rotatable bonds is 3. The fourth-order valence-electron chi connectivity index (χ4n) is 2.29. The lowest BCUT2D eigenvalue weighted by atomic mass is 10.2. The lowest BCUT2D eigenvalue weighted by Crippen LogP contribution is -2.50. The van der Waals surface area contributed by atoms with Crippen molar-refractivity contribution < 1.29 is 19.2 Å². The van der Waals surface area contributed by atoms with Gasteiger partial charge in [0.1, 0.15) is 11.4 Å². The normalized spacial score (nSPS) is 15.5. The van der Waals surface area contributed by atoms with Crippen LogP contribution in [0.15, 0.2) is 24.3 Å². The zero-order valence-electron chi connectivity index (χ0n) is 13.3. The van der Waals surface area contributed by atoms with E-state index in [2.05, 4.69) is 4.90 Å². The number of carbonyl (C=O) groups is 1. The van der Waals surface area contributed by atoms with Gasteiger partial charge in [0.05, 0.1) is 0 Å². The van der Waals surface area contributed by atoms with E-state index in [1.54, 1.807) is 11.0 Å². The first-order valence-corrected chi connectivity index (χ1v) is 7.34. The minimum Gasteiger partial charge on any atom is -0.537 e. The van der Waals surface area contributed by atoms with E-state index in [0.29, 0.717) is 26.5 Å². The van der Waals surface area contributed by atoms with Crippen LogP contribution in [0.3, 0.4) is 0 Å². The van der Waals surface area contributed by atoms with E-state index in [4.69, 9.17) is 14.4 Å². The minimum absolute atomic E-state index is 0.265. The number of anilines is 1. The SMILES string of the molecule is CC(C)(C)OC(=O)N1CCN(c2cccc(O[B]O)c2)CC1. The van der Waals surface area contributed by atoms with Gasteiger partial charge in [-0.15, -0.1) is 0 Å². The van der Waals surface area contributed by atoms with Gasteiger partial charge in [0.25, 0.3) is 0 Å². The van der Waals surface area contributed by atoms with Crippen LogP contribution in [0.4, 0.5) is 10.5 Å². The predicted molar refractivity (Wildman–Crippen MR) is 85.1 cm³/mol. The number of piperazine rings is 1. The predicted octanol–water partition coefficient (Wildman–Crippen LogP) is 1.65. The molecule has 0 aliphatic carbocycles. The molecule has 0 saturated carbocycles. The van der Waals surface area contributed by atoms with Gasteiger partial charge in [0, 0.05) is 37.9 Å². The quantitative estimate of drug-likeness (QED) is 0.860. The number of ether oxygens (including phenoxy) is 1. The van der Waals surface area contributed by atoms with E-state index >= 15 is 0 Å². The fourth-order valence-corrected chi connectivity index (χ4v) is 2.29. The standard InChI is InChI=1S/C15H22BN2O4/c1-15(2,3)21-14(19)18-9-7-17(8-10-18)12-5-4-6-13(11-12)22-16-20/h4-6,11,20H,7-10H2,1-3H3. The second-order valence-electron chi connectivity index (χ2n) is 6.18. The van der Waals surface area contributed by atoms with Gasteiger partial charge in [-0.2, -0.15) is 0 Å². The molecule has 7 heteroatoms. The van der Waals surface area contributed by atoms with Crippen LogP contribution >= 0.6 is 0 Å². The Hall–Kier alpha value is -1.89. The van der Waals surface area contributed by atoms with Crippen molar-refractivity contribution in [2.45, 2.75) is 26.4 Å². The van der Waals surface area contributed by atoms with Gasteiger partial charge in [-0.1, -0.05) is 6.07 Å². The highest BCUT2D eigenvalue weighted by Gasteiger charge is 2.25. The molecule has 0 bridgehead atoms. The maximum atomic E-state index is 12.0. The van der Waals surface area contributed by atoms with Crippen LogP contribution < -0.4 is 9.55 Å². The van der Waals surface area contributed by atoms with Gasteiger partial charge in [-0.3, -0.25) is 0 Å². The Morgan fingerprint density at radius 2 is 1.91 bits per heavy atom. The Morgan fingerprint density at radius 1 is 1.23 bits per heavy atom. The van der Waals surface area contributed by atoms with Crippen LogP contribution in [-0.4, -0.2) is 55.5 Å². The number of carbonyl (C=O) groups excluding carboxylic acids is 1. The first-order chi connectivity index (χ1) is 10.4. The van der Waals surface area contributed by atoms with Crippen molar-refractivity contribution in [1.29, 1.82) is 0 Å². The zero-order chi connectivity index (χ0) is 16.2. The maximum Gasteiger partial charge on any atom is 0.569 e. The van der Waals surface area contributed by atoms with E-state index in [1.807, 2.05) is 39.0 Å². The molecule has 119 valence electrons. The number of hydrogen-bond donors (Lipinski definition) is 1. The van der Waals surface area contributed by atoms with Gasteiger partial charge >= 0.3 is 13.8 Å². The summed E-state index contributed by atoms with van der Waals surface area (Å²) in [6, 6.07) is 7.48. The summed E-state index contributed by atoms with van der Waals surface area (Å²) in [6.07, 6.45) is -0.265. The number of nitrogens with zero attached hydrogens (tertiary/aromatic N) is 2. The van der Waals surface area contributed by atoms with Crippen molar-refractivity contribution in [3.8, 4) is 5.75 Å². The van der Waals surface area contributed by atoms with Crippen molar-refractivity contribution in [3.05, 3.63) is 24.3 Å². The van der Waals surface area contributed by atoms with Crippen molar-refractivity contribution in [2.75, 3.05) is 31.1 Å². The Morgan fingerprint density at radius 3 is 2.50 bits per heavy atom. The highest BCUT2D eigenvalue weighted by atomic mass is 16.6. The molecule has 1 aromatic carbocycles. The lowest BCUT2D eigenvalue weighted by molar-refractivity contribution is 0.0240. The minimum atomic E-state index is -0.472. The van der Waals surface area contributed by atoms with Crippen LogP contribution in [-0.2, 0) is 4.74 Å². The lowest BCUT2D eigenvalue weighted by Gasteiger charge is -2.36. The molecule has 6 nitrogen and oxygen atoms in total.